The van der Waals surface area contributed by atoms with Crippen molar-refractivity contribution in [2.75, 3.05) is 11.5 Å². The molecule has 1 fully saturated rings. The van der Waals surface area contributed by atoms with E-state index in [0.29, 0.717) is 18.0 Å². The van der Waals surface area contributed by atoms with Gasteiger partial charge in [0.25, 0.3) is 17.4 Å². The smallest absolute Gasteiger partial charge is 0.300 e. The molecule has 1 amide bonds. The summed E-state index contributed by atoms with van der Waals surface area (Å²) >= 11 is 0. The highest BCUT2D eigenvalue weighted by molar-refractivity contribution is 6.51. The predicted octanol–water partition coefficient (Wildman–Crippen LogP) is 4.60. The van der Waals surface area contributed by atoms with Gasteiger partial charge in [-0.25, -0.2) is 0 Å². The standard InChI is InChI=1S/C24H20N2O7/c1-2-11-32-18-9-4-7-16(14-18)25-21(19-10-5-12-33-19)20(23(28)24(25)29)22(27)15-6-3-8-17(13-15)26(30)31/h3-10,12-14,21,27H,2,11H2,1H3/b22-20-. The molecule has 9 heteroatoms. The molecule has 9 nitrogen and oxygen atoms in total. The number of Topliss-reactive ketones (excluding diaryl/α,β-unsaturated/α-hetero) is 1. The van der Waals surface area contributed by atoms with Gasteiger partial charge in [0.05, 0.1) is 23.4 Å². The van der Waals surface area contributed by atoms with Crippen LogP contribution in [0.5, 0.6) is 5.75 Å². The first-order chi connectivity index (χ1) is 15.9. The van der Waals surface area contributed by atoms with Gasteiger partial charge in [0.1, 0.15) is 23.3 Å². The minimum absolute atomic E-state index is 0.0405. The number of benzene rings is 2. The van der Waals surface area contributed by atoms with E-state index in [1.165, 1.54) is 29.4 Å². The van der Waals surface area contributed by atoms with E-state index >= 15 is 0 Å². The van der Waals surface area contributed by atoms with Gasteiger partial charge in [-0.3, -0.25) is 24.6 Å². The Labute approximate surface area is 188 Å². The summed E-state index contributed by atoms with van der Waals surface area (Å²) in [6, 6.07) is 14.0. The molecule has 0 radical (unpaired) electrons. The molecule has 1 atom stereocenters. The third-order valence-corrected chi connectivity index (χ3v) is 5.16. The number of anilines is 1. The molecule has 2 heterocycles. The zero-order chi connectivity index (χ0) is 23.5. The minimum atomic E-state index is -1.07. The van der Waals surface area contributed by atoms with Gasteiger partial charge in [0.2, 0.25) is 0 Å². The topological polar surface area (TPSA) is 123 Å². The lowest BCUT2D eigenvalue weighted by Gasteiger charge is -2.23. The SMILES string of the molecule is CCCOc1cccc(N2C(=O)C(=O)/C(=C(\O)c3cccc([N+](=O)[O-])c3)C2c2ccco2)c1. The summed E-state index contributed by atoms with van der Waals surface area (Å²) in [5, 5.41) is 22.2. The summed E-state index contributed by atoms with van der Waals surface area (Å²) in [4.78, 5) is 37.9. The van der Waals surface area contributed by atoms with Gasteiger partial charge in [-0.1, -0.05) is 25.1 Å². The van der Waals surface area contributed by atoms with Crippen LogP contribution < -0.4 is 9.64 Å². The maximum atomic E-state index is 13.1. The lowest BCUT2D eigenvalue weighted by Crippen LogP contribution is -2.29. The molecule has 168 valence electrons. The molecular formula is C24H20N2O7. The predicted molar refractivity (Wildman–Crippen MR) is 119 cm³/mol. The average molecular weight is 448 g/mol. The molecule has 2 aromatic carbocycles. The second-order valence-corrected chi connectivity index (χ2v) is 7.34. The molecule has 1 aromatic heterocycles. The molecule has 0 saturated carbocycles. The Kier molecular flexibility index (Phi) is 5.95. The van der Waals surface area contributed by atoms with Crippen molar-refractivity contribution in [3.8, 4) is 5.75 Å². The van der Waals surface area contributed by atoms with Crippen LogP contribution in [0.1, 0.15) is 30.7 Å². The number of amides is 1. The number of aliphatic hydroxyl groups excluding tert-OH is 1. The number of furan rings is 1. The van der Waals surface area contributed by atoms with Crippen molar-refractivity contribution in [3.63, 3.8) is 0 Å². The molecule has 1 N–H and O–H groups in total. The van der Waals surface area contributed by atoms with Gasteiger partial charge in [0.15, 0.2) is 0 Å². The zero-order valence-electron chi connectivity index (χ0n) is 17.6. The van der Waals surface area contributed by atoms with E-state index in [9.17, 15) is 24.8 Å². The van der Waals surface area contributed by atoms with E-state index in [-0.39, 0.29) is 22.6 Å². The van der Waals surface area contributed by atoms with Crippen molar-refractivity contribution >= 4 is 28.8 Å². The van der Waals surface area contributed by atoms with E-state index < -0.39 is 28.4 Å². The maximum Gasteiger partial charge on any atom is 0.300 e. The van der Waals surface area contributed by atoms with Crippen molar-refractivity contribution in [1.29, 1.82) is 0 Å². The first-order valence-electron chi connectivity index (χ1n) is 10.2. The summed E-state index contributed by atoms with van der Waals surface area (Å²) < 4.78 is 11.2. The molecule has 4 rings (SSSR count). The number of nitrogens with zero attached hydrogens (tertiary/aromatic N) is 2. The molecule has 1 unspecified atom stereocenters. The maximum absolute atomic E-state index is 13.1. The van der Waals surface area contributed by atoms with E-state index in [0.717, 1.165) is 12.5 Å². The molecule has 33 heavy (non-hydrogen) atoms. The van der Waals surface area contributed by atoms with Crippen LogP contribution in [0.3, 0.4) is 0 Å². The number of carbonyl (C=O) groups excluding carboxylic acids is 2. The van der Waals surface area contributed by atoms with Gasteiger partial charge in [-0.15, -0.1) is 0 Å². The second-order valence-electron chi connectivity index (χ2n) is 7.34. The minimum Gasteiger partial charge on any atom is -0.507 e. The number of hydrogen-bond donors (Lipinski definition) is 1. The number of carbonyl (C=O) groups is 2. The molecule has 0 aliphatic carbocycles. The van der Waals surface area contributed by atoms with Gasteiger partial charge in [-0.05, 0) is 30.7 Å². The van der Waals surface area contributed by atoms with Crippen LogP contribution in [0.25, 0.3) is 5.76 Å². The largest absolute Gasteiger partial charge is 0.507 e. The Morgan fingerprint density at radius 1 is 1.15 bits per heavy atom. The molecule has 0 bridgehead atoms. The number of nitro benzene ring substituents is 1. The summed E-state index contributed by atoms with van der Waals surface area (Å²) in [7, 11) is 0. The van der Waals surface area contributed by atoms with Crippen molar-refractivity contribution in [1.82, 2.24) is 0 Å². The Morgan fingerprint density at radius 3 is 2.64 bits per heavy atom. The average Bonchev–Trinajstić information content (AvgIpc) is 3.44. The molecule has 0 spiro atoms. The Morgan fingerprint density at radius 2 is 1.94 bits per heavy atom. The second kappa shape index (κ2) is 8.99. The van der Waals surface area contributed by atoms with Gasteiger partial charge in [0, 0.05) is 29.4 Å². The molecule has 1 aliphatic heterocycles. The van der Waals surface area contributed by atoms with Crippen LogP contribution in [0.15, 0.2) is 76.9 Å². The third kappa shape index (κ3) is 4.08. The van der Waals surface area contributed by atoms with Gasteiger partial charge in [-0.2, -0.15) is 0 Å². The Balaban J connectivity index is 1.86. The highest BCUT2D eigenvalue weighted by Crippen LogP contribution is 2.43. The first kappa shape index (κ1) is 21.8. The fourth-order valence-electron chi connectivity index (χ4n) is 3.68. The lowest BCUT2D eigenvalue weighted by molar-refractivity contribution is -0.384. The fourth-order valence-corrected chi connectivity index (χ4v) is 3.68. The van der Waals surface area contributed by atoms with E-state index in [1.54, 1.807) is 36.4 Å². The highest BCUT2D eigenvalue weighted by atomic mass is 16.6. The summed E-state index contributed by atoms with van der Waals surface area (Å²) in [6.07, 6.45) is 2.19. The van der Waals surface area contributed by atoms with Crippen LogP contribution in [-0.2, 0) is 9.59 Å². The first-order valence-corrected chi connectivity index (χ1v) is 10.2. The lowest BCUT2D eigenvalue weighted by atomic mass is 9.99. The summed E-state index contributed by atoms with van der Waals surface area (Å²) in [6.45, 7) is 2.45. The number of nitro groups is 1. The van der Waals surface area contributed by atoms with Crippen molar-refractivity contribution < 1.29 is 28.8 Å². The number of rotatable bonds is 7. The highest BCUT2D eigenvalue weighted by Gasteiger charge is 2.48. The molecule has 3 aromatic rings. The quantitative estimate of drug-likeness (QED) is 0.184. The van der Waals surface area contributed by atoms with Crippen molar-refractivity contribution in [2.45, 2.75) is 19.4 Å². The monoisotopic (exact) mass is 448 g/mol. The van der Waals surface area contributed by atoms with Crippen LogP contribution in [0, 0.1) is 10.1 Å². The van der Waals surface area contributed by atoms with Crippen molar-refractivity contribution in [2.24, 2.45) is 0 Å². The van der Waals surface area contributed by atoms with Crippen LogP contribution in [0.2, 0.25) is 0 Å². The number of ketones is 1. The molecular weight excluding hydrogens is 428 g/mol. The number of non-ortho nitro benzene ring substituents is 1. The number of ether oxygens (including phenoxy) is 1. The van der Waals surface area contributed by atoms with Crippen LogP contribution >= 0.6 is 0 Å². The zero-order valence-corrected chi connectivity index (χ0v) is 17.6. The Bertz CT molecular complexity index is 1250. The summed E-state index contributed by atoms with van der Waals surface area (Å²) in [5.74, 6) is -1.55. The molecule has 1 saturated heterocycles. The van der Waals surface area contributed by atoms with E-state index in [1.807, 2.05) is 6.92 Å². The fraction of sp³-hybridized carbons (Fsp3) is 0.167. The van der Waals surface area contributed by atoms with Gasteiger partial charge >= 0.3 is 0 Å². The van der Waals surface area contributed by atoms with E-state index in [4.69, 9.17) is 9.15 Å². The van der Waals surface area contributed by atoms with E-state index in [2.05, 4.69) is 0 Å². The summed E-state index contributed by atoms with van der Waals surface area (Å²) in [5.41, 5.74) is -0.0667. The van der Waals surface area contributed by atoms with Crippen LogP contribution in [-0.4, -0.2) is 28.3 Å². The number of aliphatic hydroxyl groups is 1. The Hall–Kier alpha value is -4.40. The number of hydrogen-bond acceptors (Lipinski definition) is 7. The van der Waals surface area contributed by atoms with Crippen molar-refractivity contribution in [3.05, 3.63) is 93.9 Å². The van der Waals surface area contributed by atoms with Crippen LogP contribution in [0.4, 0.5) is 11.4 Å². The van der Waals surface area contributed by atoms with Gasteiger partial charge < -0.3 is 14.3 Å². The normalized spacial score (nSPS) is 17.4. The molecule has 1 aliphatic rings. The third-order valence-electron chi connectivity index (χ3n) is 5.16.